The number of hydrogen-bond donors (Lipinski definition) is 2. The van der Waals surface area contributed by atoms with Crippen molar-refractivity contribution in [2.45, 2.75) is 51.1 Å². The van der Waals surface area contributed by atoms with E-state index in [-0.39, 0.29) is 22.0 Å². The minimum atomic E-state index is -0.631. The van der Waals surface area contributed by atoms with Crippen molar-refractivity contribution in [3.8, 4) is 11.3 Å². The van der Waals surface area contributed by atoms with Gasteiger partial charge in [0.2, 0.25) is 0 Å². The predicted molar refractivity (Wildman–Crippen MR) is 114 cm³/mol. The summed E-state index contributed by atoms with van der Waals surface area (Å²) in [4.78, 5) is 26.9. The number of amides is 3. The van der Waals surface area contributed by atoms with E-state index >= 15 is 0 Å². The number of benzene rings is 1. The van der Waals surface area contributed by atoms with Crippen LogP contribution in [0.3, 0.4) is 0 Å². The molecule has 0 radical (unpaired) electrons. The molecule has 31 heavy (non-hydrogen) atoms. The average molecular weight is 446 g/mol. The highest BCUT2D eigenvalue weighted by atomic mass is 35.5. The van der Waals surface area contributed by atoms with Crippen LogP contribution in [0.1, 0.15) is 60.6 Å². The maximum Gasteiger partial charge on any atom is 0.315 e. The molecule has 1 aliphatic heterocycles. The summed E-state index contributed by atoms with van der Waals surface area (Å²) in [6.07, 6.45) is 6.28. The van der Waals surface area contributed by atoms with Crippen LogP contribution in [-0.2, 0) is 6.54 Å². The fraction of sp³-hybridized carbons (Fsp3) is 0.500. The van der Waals surface area contributed by atoms with Gasteiger partial charge in [0.1, 0.15) is 11.5 Å². The minimum Gasteiger partial charge on any atom is -0.365 e. The Kier molecular flexibility index (Phi) is 4.73. The van der Waals surface area contributed by atoms with Gasteiger partial charge in [-0.2, -0.15) is 5.10 Å². The molecule has 6 rings (SSSR count). The van der Waals surface area contributed by atoms with Gasteiger partial charge >= 0.3 is 6.03 Å². The van der Waals surface area contributed by atoms with Crippen LogP contribution in [0, 0.1) is 17.2 Å². The zero-order valence-corrected chi connectivity index (χ0v) is 17.9. The molecule has 164 valence electrons. The zero-order chi connectivity index (χ0) is 21.9. The highest BCUT2D eigenvalue weighted by Gasteiger charge is 2.52. The summed E-state index contributed by atoms with van der Waals surface area (Å²) < 4.78 is 15.5. The SMILES string of the molecule is NC(=O)c1c(-c2ccc(F)c(Cl)c2)nn2c1C(C13CCC(CC1)CC3)N(C(N)=O)CC2. The smallest absolute Gasteiger partial charge is 0.315 e. The number of nitrogens with zero attached hydrogens (tertiary/aromatic N) is 3. The standard InChI is InChI=1S/C22H25ClFN5O2/c23-14-11-13(1-2-15(14)24)17-16(20(25)30)18-19(22-6-3-12(4-7-22)5-8-22)28(21(26)31)9-10-29(18)27-17/h1-2,11-12,19H,3-10H2,(H2,25,30)(H2,26,31). The predicted octanol–water partition coefficient (Wildman–Crippen LogP) is 3.85. The molecule has 1 aromatic carbocycles. The van der Waals surface area contributed by atoms with Crippen molar-refractivity contribution in [3.63, 3.8) is 0 Å². The molecule has 4 N–H and O–H groups in total. The molecule has 7 nitrogen and oxygen atoms in total. The van der Waals surface area contributed by atoms with E-state index in [2.05, 4.69) is 5.10 Å². The molecule has 1 aromatic heterocycles. The number of primary amides is 2. The Labute approximate surface area is 184 Å². The van der Waals surface area contributed by atoms with E-state index in [1.165, 1.54) is 18.2 Å². The van der Waals surface area contributed by atoms with Crippen LogP contribution in [-0.4, -0.2) is 33.2 Å². The number of fused-ring (bicyclic) bond motifs is 4. The third kappa shape index (κ3) is 3.11. The Balaban J connectivity index is 1.72. The van der Waals surface area contributed by atoms with Crippen LogP contribution in [0.2, 0.25) is 5.02 Å². The van der Waals surface area contributed by atoms with Gasteiger partial charge in [-0.25, -0.2) is 9.18 Å². The first-order chi connectivity index (χ1) is 14.8. The van der Waals surface area contributed by atoms with Crippen molar-refractivity contribution in [2.75, 3.05) is 6.54 Å². The van der Waals surface area contributed by atoms with Crippen molar-refractivity contribution in [3.05, 3.63) is 40.3 Å². The van der Waals surface area contributed by atoms with Crippen LogP contribution in [0.4, 0.5) is 9.18 Å². The van der Waals surface area contributed by atoms with Crippen LogP contribution in [0.5, 0.6) is 0 Å². The van der Waals surface area contributed by atoms with Gasteiger partial charge in [0.25, 0.3) is 5.91 Å². The topological polar surface area (TPSA) is 107 Å². The van der Waals surface area contributed by atoms with Gasteiger partial charge in [-0.05, 0) is 68.1 Å². The second kappa shape index (κ2) is 7.22. The maximum absolute atomic E-state index is 13.7. The van der Waals surface area contributed by atoms with Crippen LogP contribution < -0.4 is 11.5 Å². The summed E-state index contributed by atoms with van der Waals surface area (Å²) >= 11 is 5.99. The first-order valence-electron chi connectivity index (χ1n) is 10.7. The van der Waals surface area contributed by atoms with Gasteiger partial charge in [-0.3, -0.25) is 9.48 Å². The molecule has 3 amide bonds. The van der Waals surface area contributed by atoms with E-state index in [1.807, 2.05) is 0 Å². The van der Waals surface area contributed by atoms with Crippen LogP contribution in [0.15, 0.2) is 18.2 Å². The van der Waals surface area contributed by atoms with Crippen LogP contribution in [0.25, 0.3) is 11.3 Å². The van der Waals surface area contributed by atoms with Gasteiger partial charge in [0, 0.05) is 12.1 Å². The highest BCUT2D eigenvalue weighted by Crippen LogP contribution is 2.59. The van der Waals surface area contributed by atoms with Crippen molar-refractivity contribution < 1.29 is 14.0 Å². The third-order valence-corrected chi connectivity index (χ3v) is 7.86. The molecule has 9 heteroatoms. The van der Waals surface area contributed by atoms with Crippen LogP contribution >= 0.6 is 11.6 Å². The minimum absolute atomic E-state index is 0.0570. The number of nitrogens with two attached hydrogens (primary N) is 2. The molecule has 2 heterocycles. The fourth-order valence-electron chi connectivity index (χ4n) is 6.04. The van der Waals surface area contributed by atoms with E-state index in [0.717, 1.165) is 44.4 Å². The lowest BCUT2D eigenvalue weighted by molar-refractivity contribution is -0.0249. The fourth-order valence-corrected chi connectivity index (χ4v) is 6.22. The summed E-state index contributed by atoms with van der Waals surface area (Å²) in [5.74, 6) is -0.440. The molecule has 3 fully saturated rings. The van der Waals surface area contributed by atoms with Crippen molar-refractivity contribution in [1.29, 1.82) is 0 Å². The highest BCUT2D eigenvalue weighted by molar-refractivity contribution is 6.31. The molecule has 3 saturated carbocycles. The Bertz CT molecular complexity index is 1060. The Morgan fingerprint density at radius 3 is 2.39 bits per heavy atom. The molecule has 1 atom stereocenters. The van der Waals surface area contributed by atoms with Gasteiger partial charge in [0.15, 0.2) is 0 Å². The molecule has 0 spiro atoms. The summed E-state index contributed by atoms with van der Waals surface area (Å²) in [6.45, 7) is 0.824. The molecule has 4 aliphatic rings. The number of urea groups is 1. The van der Waals surface area contributed by atoms with Gasteiger partial charge in [0.05, 0.1) is 28.9 Å². The second-order valence-corrected chi connectivity index (χ2v) is 9.51. The molecule has 2 aromatic rings. The molecule has 1 unspecified atom stereocenters. The number of carbonyl (C=O) groups excluding carboxylic acids is 2. The normalized spacial score (nSPS) is 27.2. The van der Waals surface area contributed by atoms with Gasteiger partial charge in [-0.15, -0.1) is 0 Å². The lowest BCUT2D eigenvalue weighted by Gasteiger charge is -2.54. The van der Waals surface area contributed by atoms with E-state index in [0.29, 0.717) is 30.0 Å². The van der Waals surface area contributed by atoms with E-state index in [9.17, 15) is 14.0 Å². The lowest BCUT2D eigenvalue weighted by Crippen LogP contribution is -2.54. The summed E-state index contributed by atoms with van der Waals surface area (Å²) in [5, 5.41) is 4.63. The maximum atomic E-state index is 13.7. The van der Waals surface area contributed by atoms with Gasteiger partial charge in [-0.1, -0.05) is 11.6 Å². The zero-order valence-electron chi connectivity index (χ0n) is 17.1. The van der Waals surface area contributed by atoms with Crippen molar-refractivity contribution >= 4 is 23.5 Å². The van der Waals surface area contributed by atoms with Crippen molar-refractivity contribution in [2.24, 2.45) is 22.8 Å². The quantitative estimate of drug-likeness (QED) is 0.749. The van der Waals surface area contributed by atoms with E-state index in [1.54, 1.807) is 9.58 Å². The number of aromatic nitrogens is 2. The lowest BCUT2D eigenvalue weighted by atomic mass is 9.56. The average Bonchev–Trinajstić information content (AvgIpc) is 3.16. The largest absolute Gasteiger partial charge is 0.365 e. The number of rotatable bonds is 3. The van der Waals surface area contributed by atoms with E-state index < -0.39 is 17.8 Å². The number of hydrogen-bond acceptors (Lipinski definition) is 3. The number of halogens is 2. The van der Waals surface area contributed by atoms with E-state index in [4.69, 9.17) is 23.1 Å². The number of carbonyl (C=O) groups is 2. The van der Waals surface area contributed by atoms with Gasteiger partial charge < -0.3 is 16.4 Å². The molecule has 0 saturated heterocycles. The Morgan fingerprint density at radius 2 is 1.81 bits per heavy atom. The molecular formula is C22H25ClFN5O2. The molecular weight excluding hydrogens is 421 g/mol. The Hall–Kier alpha value is -2.61. The molecule has 2 bridgehead atoms. The van der Waals surface area contributed by atoms with Crippen molar-refractivity contribution in [1.82, 2.24) is 14.7 Å². The second-order valence-electron chi connectivity index (χ2n) is 9.10. The summed E-state index contributed by atoms with van der Waals surface area (Å²) in [5.41, 5.74) is 13.3. The third-order valence-electron chi connectivity index (χ3n) is 7.57. The summed E-state index contributed by atoms with van der Waals surface area (Å²) in [6, 6.07) is 3.37. The summed E-state index contributed by atoms with van der Waals surface area (Å²) in [7, 11) is 0. The Morgan fingerprint density at radius 1 is 1.13 bits per heavy atom. The first-order valence-corrected chi connectivity index (χ1v) is 11.1. The first kappa shape index (κ1) is 20.3. The monoisotopic (exact) mass is 445 g/mol. The molecule has 3 aliphatic carbocycles.